The molecule has 5 nitrogen and oxygen atoms in total. The Morgan fingerprint density at radius 2 is 2.00 bits per heavy atom. The molecule has 0 amide bonds. The topological polar surface area (TPSA) is 79.3 Å². The number of hydrogen-bond donors (Lipinski definition) is 2. The molecule has 106 valence electrons. The van der Waals surface area contributed by atoms with E-state index in [1.165, 1.54) is 18.5 Å². The molecule has 20 heavy (non-hydrogen) atoms. The predicted octanol–water partition coefficient (Wildman–Crippen LogP) is 1.71. The molecule has 0 aliphatic carbocycles. The highest BCUT2D eigenvalue weighted by Gasteiger charge is 2.17. The number of nitrogens with one attached hydrogen (secondary N) is 1. The zero-order valence-electron chi connectivity index (χ0n) is 10.5. The zero-order valence-corrected chi connectivity index (χ0v) is 12.0. The molecule has 0 fully saturated rings. The summed E-state index contributed by atoms with van der Waals surface area (Å²) in [5.41, 5.74) is 1.47. The Bertz CT molecular complexity index is 704. The van der Waals surface area contributed by atoms with Crippen LogP contribution in [0.3, 0.4) is 0 Å². The Morgan fingerprint density at radius 3 is 2.70 bits per heavy atom. The minimum atomic E-state index is -3.72. The van der Waals surface area contributed by atoms with Crippen molar-refractivity contribution in [2.75, 3.05) is 0 Å². The van der Waals surface area contributed by atoms with Crippen molar-refractivity contribution >= 4 is 21.6 Å². The Morgan fingerprint density at radius 1 is 1.25 bits per heavy atom. The molecule has 0 atom stereocenters. The predicted molar refractivity (Wildman–Crippen MR) is 75.6 cm³/mol. The minimum Gasteiger partial charge on any atom is -0.392 e. The molecule has 0 unspecified atom stereocenters. The van der Waals surface area contributed by atoms with Gasteiger partial charge in [-0.15, -0.1) is 0 Å². The molecular formula is C13H13ClN2O3S. The Hall–Kier alpha value is -1.47. The van der Waals surface area contributed by atoms with Gasteiger partial charge in [0, 0.05) is 18.9 Å². The van der Waals surface area contributed by atoms with Gasteiger partial charge in [-0.05, 0) is 17.2 Å². The summed E-state index contributed by atoms with van der Waals surface area (Å²) < 4.78 is 26.6. The summed E-state index contributed by atoms with van der Waals surface area (Å²) in [5.74, 6) is 0. The highest BCUT2D eigenvalue weighted by molar-refractivity contribution is 7.89. The molecule has 1 aromatic carbocycles. The molecule has 2 aromatic rings. The van der Waals surface area contributed by atoms with Crippen molar-refractivity contribution in [1.29, 1.82) is 0 Å². The third-order valence-electron chi connectivity index (χ3n) is 2.66. The van der Waals surface area contributed by atoms with Crippen LogP contribution in [0.15, 0.2) is 47.6 Å². The lowest BCUT2D eigenvalue weighted by molar-refractivity contribution is 0.281. The van der Waals surface area contributed by atoms with Crippen LogP contribution in [0.25, 0.3) is 0 Å². The number of rotatable bonds is 5. The number of aliphatic hydroxyl groups excluding tert-OH is 1. The molecule has 2 rings (SSSR count). The van der Waals surface area contributed by atoms with Crippen LogP contribution in [-0.2, 0) is 23.2 Å². The van der Waals surface area contributed by atoms with E-state index in [1.807, 2.05) is 0 Å². The number of sulfonamides is 1. The first-order chi connectivity index (χ1) is 9.53. The maximum absolute atomic E-state index is 12.1. The normalized spacial score (nSPS) is 11.5. The number of aliphatic hydroxyl groups is 1. The van der Waals surface area contributed by atoms with Crippen LogP contribution >= 0.6 is 11.6 Å². The van der Waals surface area contributed by atoms with Crippen molar-refractivity contribution in [3.63, 3.8) is 0 Å². The van der Waals surface area contributed by atoms with Gasteiger partial charge in [-0.1, -0.05) is 35.9 Å². The van der Waals surface area contributed by atoms with E-state index in [2.05, 4.69) is 9.71 Å². The summed E-state index contributed by atoms with van der Waals surface area (Å²) in [5, 5.41) is 9.16. The van der Waals surface area contributed by atoms with Crippen LogP contribution in [-0.4, -0.2) is 18.5 Å². The van der Waals surface area contributed by atoms with Crippen molar-refractivity contribution in [3.8, 4) is 0 Å². The molecule has 0 saturated carbocycles. The molecule has 2 N–H and O–H groups in total. The molecule has 1 aromatic heterocycles. The number of pyridine rings is 1. The Balaban J connectivity index is 2.15. The smallest absolute Gasteiger partial charge is 0.243 e. The lowest BCUT2D eigenvalue weighted by Gasteiger charge is -2.08. The van der Waals surface area contributed by atoms with Crippen LogP contribution in [0.1, 0.15) is 11.1 Å². The van der Waals surface area contributed by atoms with E-state index in [9.17, 15) is 8.42 Å². The second-order valence-corrected chi connectivity index (χ2v) is 6.25. The summed E-state index contributed by atoms with van der Waals surface area (Å²) >= 11 is 5.85. The van der Waals surface area contributed by atoms with Gasteiger partial charge in [0.2, 0.25) is 10.0 Å². The molecule has 0 saturated heterocycles. The van der Waals surface area contributed by atoms with E-state index in [0.717, 1.165) is 11.1 Å². The lowest BCUT2D eigenvalue weighted by atomic mass is 10.1. The Kier molecular flexibility index (Phi) is 4.72. The summed E-state index contributed by atoms with van der Waals surface area (Å²) in [6, 6.07) is 8.44. The van der Waals surface area contributed by atoms with Gasteiger partial charge >= 0.3 is 0 Å². The Labute approximate surface area is 122 Å². The van der Waals surface area contributed by atoms with E-state index in [1.54, 1.807) is 24.3 Å². The fourth-order valence-corrected chi connectivity index (χ4v) is 3.10. The molecule has 0 bridgehead atoms. The van der Waals surface area contributed by atoms with Gasteiger partial charge in [0.1, 0.15) is 4.90 Å². The van der Waals surface area contributed by atoms with Gasteiger partial charge in [-0.3, -0.25) is 4.98 Å². The van der Waals surface area contributed by atoms with Gasteiger partial charge in [0.15, 0.2) is 0 Å². The minimum absolute atomic E-state index is 0.0556. The monoisotopic (exact) mass is 312 g/mol. The van der Waals surface area contributed by atoms with Crippen molar-refractivity contribution in [3.05, 3.63) is 58.9 Å². The fourth-order valence-electron chi connectivity index (χ4n) is 1.65. The first-order valence-electron chi connectivity index (χ1n) is 5.81. The SMILES string of the molecule is O=S(=O)(NCc1cccc(CO)c1)c1cnccc1Cl. The lowest BCUT2D eigenvalue weighted by Crippen LogP contribution is -2.23. The van der Waals surface area contributed by atoms with E-state index < -0.39 is 10.0 Å². The highest BCUT2D eigenvalue weighted by Crippen LogP contribution is 2.19. The van der Waals surface area contributed by atoms with Crippen molar-refractivity contribution in [2.24, 2.45) is 0 Å². The van der Waals surface area contributed by atoms with Crippen molar-refractivity contribution in [1.82, 2.24) is 9.71 Å². The van der Waals surface area contributed by atoms with Gasteiger partial charge in [0.05, 0.1) is 11.6 Å². The number of halogens is 1. The average molecular weight is 313 g/mol. The van der Waals surface area contributed by atoms with Gasteiger partial charge < -0.3 is 5.11 Å². The first-order valence-corrected chi connectivity index (χ1v) is 7.67. The average Bonchev–Trinajstić information content (AvgIpc) is 2.46. The number of benzene rings is 1. The van der Waals surface area contributed by atoms with Gasteiger partial charge in [-0.2, -0.15) is 0 Å². The van der Waals surface area contributed by atoms with Crippen LogP contribution in [0, 0.1) is 0 Å². The van der Waals surface area contributed by atoms with E-state index in [4.69, 9.17) is 16.7 Å². The number of aromatic nitrogens is 1. The molecule has 7 heteroatoms. The second kappa shape index (κ2) is 6.32. The molecule has 0 radical (unpaired) electrons. The van der Waals surface area contributed by atoms with Crippen molar-refractivity contribution in [2.45, 2.75) is 18.0 Å². The largest absolute Gasteiger partial charge is 0.392 e. The van der Waals surface area contributed by atoms with E-state index in [0.29, 0.717) is 0 Å². The second-order valence-electron chi connectivity index (χ2n) is 4.11. The number of hydrogen-bond acceptors (Lipinski definition) is 4. The first kappa shape index (κ1) is 14.9. The summed E-state index contributed by atoms with van der Waals surface area (Å²) in [7, 11) is -3.72. The molecule has 0 aliphatic rings. The van der Waals surface area contributed by atoms with Gasteiger partial charge in [0.25, 0.3) is 0 Å². The maximum atomic E-state index is 12.1. The van der Waals surface area contributed by atoms with Crippen LogP contribution in [0.4, 0.5) is 0 Å². The zero-order chi connectivity index (χ0) is 14.6. The third-order valence-corrected chi connectivity index (χ3v) is 4.53. The van der Waals surface area contributed by atoms with Crippen LogP contribution < -0.4 is 4.72 Å². The maximum Gasteiger partial charge on any atom is 0.243 e. The summed E-state index contributed by atoms with van der Waals surface area (Å²) in [6.07, 6.45) is 2.63. The summed E-state index contributed by atoms with van der Waals surface area (Å²) in [4.78, 5) is 3.70. The third kappa shape index (κ3) is 3.55. The molecule has 0 spiro atoms. The highest BCUT2D eigenvalue weighted by atomic mass is 35.5. The number of nitrogens with zero attached hydrogens (tertiary/aromatic N) is 1. The molecular weight excluding hydrogens is 300 g/mol. The fraction of sp³-hybridized carbons (Fsp3) is 0.154. The standard InChI is InChI=1S/C13H13ClN2O3S/c14-12-4-5-15-8-13(12)20(18,19)16-7-10-2-1-3-11(6-10)9-17/h1-6,8,16-17H,7,9H2. The van der Waals surface area contributed by atoms with Crippen molar-refractivity contribution < 1.29 is 13.5 Å². The molecule has 1 heterocycles. The van der Waals surface area contributed by atoms with E-state index in [-0.39, 0.29) is 23.1 Å². The molecule has 0 aliphatic heterocycles. The van der Waals surface area contributed by atoms with Crippen LogP contribution in [0.5, 0.6) is 0 Å². The van der Waals surface area contributed by atoms with Gasteiger partial charge in [-0.25, -0.2) is 13.1 Å². The van der Waals surface area contributed by atoms with Crippen LogP contribution in [0.2, 0.25) is 5.02 Å². The van der Waals surface area contributed by atoms with E-state index >= 15 is 0 Å². The summed E-state index contributed by atoms with van der Waals surface area (Å²) in [6.45, 7) is 0.0242. The quantitative estimate of drug-likeness (QED) is 0.881.